The number of hydrogen-bond donors (Lipinski definition) is 0. The van der Waals surface area contributed by atoms with Crippen LogP contribution in [0.4, 0.5) is 0 Å². The van der Waals surface area contributed by atoms with Crippen LogP contribution in [0.2, 0.25) is 0 Å². The van der Waals surface area contributed by atoms with Crippen molar-refractivity contribution in [3.8, 4) is 11.5 Å². The van der Waals surface area contributed by atoms with E-state index in [1.807, 2.05) is 12.1 Å². The molecule has 0 aliphatic carbocycles. The Morgan fingerprint density at radius 1 is 1.24 bits per heavy atom. The minimum absolute atomic E-state index is 0.210. The van der Waals surface area contributed by atoms with Gasteiger partial charge in [-0.15, -0.1) is 11.8 Å². The summed E-state index contributed by atoms with van der Waals surface area (Å²) in [6, 6.07) is 3.80. The van der Waals surface area contributed by atoms with Gasteiger partial charge in [0.2, 0.25) is 0 Å². The summed E-state index contributed by atoms with van der Waals surface area (Å²) < 4.78 is 11.2. The minimum Gasteiger partial charge on any atom is -0.490 e. The molecule has 0 saturated heterocycles. The normalized spacial score (nSPS) is 22.9. The van der Waals surface area contributed by atoms with Crippen LogP contribution in [0.5, 0.6) is 11.5 Å². The van der Waals surface area contributed by atoms with Crippen LogP contribution in [-0.2, 0) is 0 Å². The number of rotatable bonds is 0. The molecular weight excluding hydrogens is 236 g/mol. The molecule has 0 spiro atoms. The Balaban J connectivity index is 2.06. The van der Waals surface area contributed by atoms with Gasteiger partial charge < -0.3 is 9.47 Å². The quantitative estimate of drug-likeness (QED) is 0.709. The maximum atomic E-state index is 12.0. The van der Waals surface area contributed by atoms with Crippen molar-refractivity contribution in [2.75, 3.05) is 13.2 Å². The van der Waals surface area contributed by atoms with E-state index >= 15 is 0 Å². The van der Waals surface area contributed by atoms with Crippen molar-refractivity contribution in [2.45, 2.75) is 29.9 Å². The van der Waals surface area contributed by atoms with E-state index in [9.17, 15) is 4.79 Å². The lowest BCUT2D eigenvalue weighted by molar-refractivity contribution is 0.0977. The molecule has 4 heteroatoms. The van der Waals surface area contributed by atoms with Gasteiger partial charge in [-0.1, -0.05) is 6.92 Å². The summed E-state index contributed by atoms with van der Waals surface area (Å²) in [4.78, 5) is 13.0. The second-order valence-electron chi connectivity index (χ2n) is 4.40. The Kier molecular flexibility index (Phi) is 2.74. The summed E-state index contributed by atoms with van der Waals surface area (Å²) in [6.45, 7) is 3.41. The van der Waals surface area contributed by atoms with Crippen molar-refractivity contribution in [1.82, 2.24) is 0 Å². The van der Waals surface area contributed by atoms with Gasteiger partial charge >= 0.3 is 0 Å². The van der Waals surface area contributed by atoms with Crippen LogP contribution in [0.25, 0.3) is 0 Å². The Hall–Kier alpha value is -1.16. The van der Waals surface area contributed by atoms with E-state index in [0.29, 0.717) is 30.6 Å². The van der Waals surface area contributed by atoms with Gasteiger partial charge in [-0.25, -0.2) is 0 Å². The van der Waals surface area contributed by atoms with Gasteiger partial charge in [0.25, 0.3) is 0 Å². The molecule has 0 aromatic heterocycles. The van der Waals surface area contributed by atoms with Crippen molar-refractivity contribution < 1.29 is 14.3 Å². The predicted octanol–water partition coefficient (Wildman–Crippen LogP) is 2.91. The highest BCUT2D eigenvalue weighted by Gasteiger charge is 2.26. The summed E-state index contributed by atoms with van der Waals surface area (Å²) >= 11 is 1.74. The van der Waals surface area contributed by atoms with E-state index in [2.05, 4.69) is 6.92 Å². The zero-order valence-electron chi connectivity index (χ0n) is 9.69. The summed E-state index contributed by atoms with van der Waals surface area (Å²) in [7, 11) is 0. The van der Waals surface area contributed by atoms with Gasteiger partial charge in [-0.2, -0.15) is 0 Å². The minimum atomic E-state index is 0.210. The second-order valence-corrected chi connectivity index (χ2v) is 5.88. The van der Waals surface area contributed by atoms with E-state index in [4.69, 9.17) is 9.47 Å². The van der Waals surface area contributed by atoms with E-state index < -0.39 is 0 Å². The average molecular weight is 250 g/mol. The molecule has 1 atom stereocenters. The van der Waals surface area contributed by atoms with Crippen LogP contribution in [0.3, 0.4) is 0 Å². The molecule has 3 rings (SSSR count). The first-order chi connectivity index (χ1) is 8.24. The molecule has 2 heterocycles. The molecule has 1 aromatic carbocycles. The first kappa shape index (κ1) is 11.0. The molecule has 1 unspecified atom stereocenters. The fraction of sp³-hybridized carbons (Fsp3) is 0.462. The first-order valence-electron chi connectivity index (χ1n) is 5.87. The lowest BCUT2D eigenvalue weighted by Gasteiger charge is -2.21. The Labute approximate surface area is 104 Å². The largest absolute Gasteiger partial charge is 0.490 e. The maximum Gasteiger partial charge on any atom is 0.165 e. The van der Waals surface area contributed by atoms with Crippen molar-refractivity contribution in [1.29, 1.82) is 0 Å². The van der Waals surface area contributed by atoms with Crippen LogP contribution in [0.15, 0.2) is 17.0 Å². The molecule has 0 N–H and O–H groups in total. The van der Waals surface area contributed by atoms with Crippen molar-refractivity contribution in [3.63, 3.8) is 0 Å². The maximum absolute atomic E-state index is 12.0. The van der Waals surface area contributed by atoms with E-state index in [1.54, 1.807) is 11.8 Å². The summed E-state index contributed by atoms with van der Waals surface area (Å²) in [6.07, 6.45) is 1.49. The SMILES string of the molecule is CC1CC(=O)c2cc3c(cc2S1)OCCCO3. The highest BCUT2D eigenvalue weighted by Crippen LogP contribution is 2.42. The third-order valence-electron chi connectivity index (χ3n) is 2.95. The number of carbonyl (C=O) groups excluding carboxylic acids is 1. The van der Waals surface area contributed by atoms with Crippen molar-refractivity contribution in [3.05, 3.63) is 17.7 Å². The Bertz CT molecular complexity index is 470. The third-order valence-corrected chi connectivity index (χ3v) is 4.11. The van der Waals surface area contributed by atoms with Gasteiger partial charge in [0.1, 0.15) is 0 Å². The molecule has 1 aromatic rings. The second kappa shape index (κ2) is 4.26. The molecule has 0 radical (unpaired) electrons. The zero-order chi connectivity index (χ0) is 11.8. The van der Waals surface area contributed by atoms with Crippen molar-refractivity contribution in [2.24, 2.45) is 0 Å². The molecule has 17 heavy (non-hydrogen) atoms. The molecule has 2 aliphatic rings. The van der Waals surface area contributed by atoms with Gasteiger partial charge in [0.05, 0.1) is 13.2 Å². The van der Waals surface area contributed by atoms with Crippen LogP contribution in [-0.4, -0.2) is 24.2 Å². The topological polar surface area (TPSA) is 35.5 Å². The lowest BCUT2D eigenvalue weighted by Crippen LogP contribution is -2.14. The zero-order valence-corrected chi connectivity index (χ0v) is 10.5. The van der Waals surface area contributed by atoms with Crippen LogP contribution in [0, 0.1) is 0 Å². The number of fused-ring (bicyclic) bond motifs is 2. The van der Waals surface area contributed by atoms with E-state index in [1.165, 1.54) is 0 Å². The van der Waals surface area contributed by atoms with Gasteiger partial charge in [0, 0.05) is 28.6 Å². The fourth-order valence-corrected chi connectivity index (χ4v) is 3.28. The molecule has 90 valence electrons. The Morgan fingerprint density at radius 3 is 2.71 bits per heavy atom. The predicted molar refractivity (Wildman–Crippen MR) is 66.3 cm³/mol. The first-order valence-corrected chi connectivity index (χ1v) is 6.75. The highest BCUT2D eigenvalue weighted by atomic mass is 32.2. The standard InChI is InChI=1S/C13H14O3S/c1-8-5-10(14)9-6-11-12(7-13(9)17-8)16-4-2-3-15-11/h6-8H,2-5H2,1H3. The van der Waals surface area contributed by atoms with Gasteiger partial charge in [-0.05, 0) is 12.1 Å². The van der Waals surface area contributed by atoms with E-state index in [-0.39, 0.29) is 5.78 Å². The van der Waals surface area contributed by atoms with Crippen LogP contribution in [0.1, 0.15) is 30.1 Å². The summed E-state index contributed by atoms with van der Waals surface area (Å²) in [5, 5.41) is 0.347. The number of thioether (sulfide) groups is 1. The third kappa shape index (κ3) is 2.02. The number of ether oxygens (including phenoxy) is 2. The molecular formula is C13H14O3S. The van der Waals surface area contributed by atoms with E-state index in [0.717, 1.165) is 22.6 Å². The highest BCUT2D eigenvalue weighted by molar-refractivity contribution is 8.00. The number of benzene rings is 1. The van der Waals surface area contributed by atoms with Gasteiger partial charge in [-0.3, -0.25) is 4.79 Å². The van der Waals surface area contributed by atoms with Crippen molar-refractivity contribution >= 4 is 17.5 Å². The molecule has 0 fully saturated rings. The van der Waals surface area contributed by atoms with Crippen LogP contribution < -0.4 is 9.47 Å². The Morgan fingerprint density at radius 2 is 1.94 bits per heavy atom. The lowest BCUT2D eigenvalue weighted by atomic mass is 10.1. The molecule has 0 saturated carbocycles. The monoisotopic (exact) mass is 250 g/mol. The molecule has 3 nitrogen and oxygen atoms in total. The smallest absolute Gasteiger partial charge is 0.165 e. The molecule has 2 aliphatic heterocycles. The van der Waals surface area contributed by atoms with Crippen LogP contribution >= 0.6 is 11.8 Å². The molecule has 0 amide bonds. The number of hydrogen-bond acceptors (Lipinski definition) is 4. The fourth-order valence-electron chi connectivity index (χ4n) is 2.13. The van der Waals surface area contributed by atoms with Gasteiger partial charge in [0.15, 0.2) is 17.3 Å². The molecule has 0 bridgehead atoms. The number of carbonyl (C=O) groups is 1. The summed E-state index contributed by atoms with van der Waals surface area (Å²) in [5.74, 6) is 1.70. The average Bonchev–Trinajstić information content (AvgIpc) is 2.51. The number of ketones is 1. The number of Topliss-reactive ketones (excluding diaryl/α,β-unsaturated/α-hetero) is 1. The summed E-state index contributed by atoms with van der Waals surface area (Å²) in [5.41, 5.74) is 0.789.